The molecule has 3 rings (SSSR count). The zero-order valence-electron chi connectivity index (χ0n) is 16.5. The van der Waals surface area contributed by atoms with Gasteiger partial charge in [-0.25, -0.2) is 9.97 Å². The van der Waals surface area contributed by atoms with Crippen LogP contribution in [0.3, 0.4) is 0 Å². The van der Waals surface area contributed by atoms with E-state index in [9.17, 15) is 4.79 Å². The maximum atomic E-state index is 11.9. The van der Waals surface area contributed by atoms with E-state index < -0.39 is 0 Å². The van der Waals surface area contributed by atoms with Crippen molar-refractivity contribution in [1.82, 2.24) is 9.97 Å². The molecule has 0 aliphatic carbocycles. The number of benzene rings is 2. The maximum absolute atomic E-state index is 11.9. The molecule has 0 aliphatic rings. The van der Waals surface area contributed by atoms with Crippen LogP contribution in [0.5, 0.6) is 5.75 Å². The molecule has 0 amide bonds. The molecular weight excluding hydrogens is 362 g/mol. The third-order valence-corrected chi connectivity index (χ3v) is 4.58. The number of carbonyl (C=O) groups is 1. The highest BCUT2D eigenvalue weighted by Gasteiger charge is 2.06. The number of ether oxygens (including phenoxy) is 1. The van der Waals surface area contributed by atoms with Crippen LogP contribution in [0.2, 0.25) is 0 Å². The second-order valence-corrected chi connectivity index (χ2v) is 6.79. The molecule has 1 aromatic heterocycles. The topological polar surface area (TPSA) is 75.9 Å². The third-order valence-electron chi connectivity index (χ3n) is 4.58. The molecule has 0 fully saturated rings. The van der Waals surface area contributed by atoms with Crippen LogP contribution in [0.4, 0.5) is 0 Å². The lowest BCUT2D eigenvalue weighted by molar-refractivity contribution is -0.134. The summed E-state index contributed by atoms with van der Waals surface area (Å²) in [5.41, 5.74) is 3.39. The van der Waals surface area contributed by atoms with Gasteiger partial charge in [0.2, 0.25) is 0 Å². The zero-order valence-corrected chi connectivity index (χ0v) is 16.5. The van der Waals surface area contributed by atoms with Crippen LogP contribution in [-0.2, 0) is 4.79 Å². The highest BCUT2D eigenvalue weighted by atomic mass is 16.5. The number of carbonyl (C=O) groups excluding carboxylic acids is 1. The molecule has 0 aliphatic heterocycles. The number of aromatic nitrogens is 2. The smallest absolute Gasteiger partial charge is 0.311 e. The summed E-state index contributed by atoms with van der Waals surface area (Å²) in [7, 11) is 0. The van der Waals surface area contributed by atoms with Gasteiger partial charge in [-0.2, -0.15) is 5.26 Å². The Balaban J connectivity index is 1.61. The number of nitrogens with zero attached hydrogens (tertiary/aromatic N) is 3. The van der Waals surface area contributed by atoms with Crippen molar-refractivity contribution in [2.75, 3.05) is 0 Å². The Morgan fingerprint density at radius 2 is 1.48 bits per heavy atom. The van der Waals surface area contributed by atoms with Gasteiger partial charge in [-0.05, 0) is 29.7 Å². The van der Waals surface area contributed by atoms with Gasteiger partial charge in [0.25, 0.3) is 0 Å². The highest BCUT2D eigenvalue weighted by Crippen LogP contribution is 2.25. The van der Waals surface area contributed by atoms with Crippen molar-refractivity contribution >= 4 is 5.97 Å². The van der Waals surface area contributed by atoms with E-state index in [2.05, 4.69) is 16.9 Å². The van der Waals surface area contributed by atoms with Gasteiger partial charge in [0, 0.05) is 24.4 Å². The summed E-state index contributed by atoms with van der Waals surface area (Å²) in [6.45, 7) is 2.15. The minimum Gasteiger partial charge on any atom is -0.427 e. The van der Waals surface area contributed by atoms with Crippen molar-refractivity contribution in [2.24, 2.45) is 0 Å². The van der Waals surface area contributed by atoms with Crippen molar-refractivity contribution < 1.29 is 9.53 Å². The number of esters is 1. The Bertz CT molecular complexity index is 973. The van der Waals surface area contributed by atoms with Crippen molar-refractivity contribution in [3.05, 3.63) is 66.5 Å². The van der Waals surface area contributed by atoms with Crippen LogP contribution in [-0.4, -0.2) is 15.9 Å². The van der Waals surface area contributed by atoms with Crippen molar-refractivity contribution in [3.63, 3.8) is 0 Å². The summed E-state index contributed by atoms with van der Waals surface area (Å²) >= 11 is 0. The van der Waals surface area contributed by atoms with Crippen molar-refractivity contribution in [3.8, 4) is 34.3 Å². The molecule has 0 saturated carbocycles. The van der Waals surface area contributed by atoms with E-state index >= 15 is 0 Å². The SMILES string of the molecule is CCCCCCC(=O)Oc1ccc(-c2ccc(-c3ncc(C#N)cn3)cc2)cc1. The van der Waals surface area contributed by atoms with Crippen molar-refractivity contribution in [2.45, 2.75) is 39.0 Å². The van der Waals surface area contributed by atoms with E-state index in [1.807, 2.05) is 54.6 Å². The first-order chi connectivity index (χ1) is 14.2. The molecule has 1 heterocycles. The van der Waals surface area contributed by atoms with Gasteiger partial charge >= 0.3 is 5.97 Å². The molecule has 0 spiro atoms. The second kappa shape index (κ2) is 10.1. The largest absolute Gasteiger partial charge is 0.427 e. The summed E-state index contributed by atoms with van der Waals surface area (Å²) in [6, 6.07) is 17.4. The van der Waals surface area contributed by atoms with Gasteiger partial charge in [-0.1, -0.05) is 62.6 Å². The molecule has 2 aromatic carbocycles. The Morgan fingerprint density at radius 1 is 0.897 bits per heavy atom. The lowest BCUT2D eigenvalue weighted by Gasteiger charge is -2.07. The fourth-order valence-corrected chi connectivity index (χ4v) is 2.94. The van der Waals surface area contributed by atoms with Gasteiger partial charge in [0.05, 0.1) is 5.56 Å². The summed E-state index contributed by atoms with van der Waals surface area (Å²) in [4.78, 5) is 20.3. The zero-order chi connectivity index (χ0) is 20.5. The van der Waals surface area contributed by atoms with Crippen LogP contribution in [0, 0.1) is 11.3 Å². The van der Waals surface area contributed by atoms with Gasteiger partial charge in [0.1, 0.15) is 11.8 Å². The highest BCUT2D eigenvalue weighted by molar-refractivity contribution is 5.73. The van der Waals surface area contributed by atoms with Crippen LogP contribution >= 0.6 is 0 Å². The molecule has 5 heteroatoms. The fourth-order valence-electron chi connectivity index (χ4n) is 2.94. The molecule has 0 saturated heterocycles. The Labute approximate surface area is 171 Å². The molecule has 0 unspecified atom stereocenters. The van der Waals surface area contributed by atoms with Crippen LogP contribution in [0.1, 0.15) is 44.6 Å². The number of nitriles is 1. The lowest BCUT2D eigenvalue weighted by Crippen LogP contribution is -2.07. The average Bonchev–Trinajstić information content (AvgIpc) is 2.77. The first-order valence-corrected chi connectivity index (χ1v) is 9.83. The predicted molar refractivity (Wildman–Crippen MR) is 112 cm³/mol. The van der Waals surface area contributed by atoms with E-state index in [1.54, 1.807) is 0 Å². The van der Waals surface area contributed by atoms with Gasteiger partial charge < -0.3 is 4.74 Å². The standard InChI is InChI=1S/C24H23N3O2/c1-2-3-4-5-6-23(28)29-22-13-11-20(12-14-22)19-7-9-21(10-8-19)24-26-16-18(15-25)17-27-24/h7-14,16-17H,2-6H2,1H3. The molecule has 146 valence electrons. The Morgan fingerprint density at radius 3 is 2.07 bits per heavy atom. The van der Waals surface area contributed by atoms with Crippen LogP contribution < -0.4 is 4.74 Å². The molecule has 5 nitrogen and oxygen atoms in total. The summed E-state index contributed by atoms with van der Waals surface area (Å²) in [5.74, 6) is 0.967. The third kappa shape index (κ3) is 5.73. The molecule has 0 bridgehead atoms. The lowest BCUT2D eigenvalue weighted by atomic mass is 10.0. The number of hydrogen-bond acceptors (Lipinski definition) is 5. The summed E-state index contributed by atoms with van der Waals surface area (Å²) in [6.07, 6.45) is 7.73. The van der Waals surface area contributed by atoms with E-state index in [0.717, 1.165) is 42.4 Å². The number of unbranched alkanes of at least 4 members (excludes halogenated alkanes) is 3. The van der Waals surface area contributed by atoms with Gasteiger partial charge in [-0.15, -0.1) is 0 Å². The van der Waals surface area contributed by atoms with E-state index in [0.29, 0.717) is 23.6 Å². The predicted octanol–water partition coefficient (Wildman–Crippen LogP) is 5.56. The number of rotatable bonds is 8. The molecule has 3 aromatic rings. The molecule has 0 N–H and O–H groups in total. The minimum absolute atomic E-state index is 0.180. The fraction of sp³-hybridized carbons (Fsp3) is 0.250. The Hall–Kier alpha value is -3.52. The quantitative estimate of drug-likeness (QED) is 0.288. The van der Waals surface area contributed by atoms with Gasteiger partial charge in [0.15, 0.2) is 5.82 Å². The molecule has 29 heavy (non-hydrogen) atoms. The van der Waals surface area contributed by atoms with Crippen molar-refractivity contribution in [1.29, 1.82) is 5.26 Å². The number of hydrogen-bond donors (Lipinski definition) is 0. The average molecular weight is 385 g/mol. The first kappa shape index (κ1) is 20.2. The van der Waals surface area contributed by atoms with E-state index in [4.69, 9.17) is 10.00 Å². The van der Waals surface area contributed by atoms with Gasteiger partial charge in [-0.3, -0.25) is 4.79 Å². The molecule has 0 atom stereocenters. The Kier molecular flexibility index (Phi) is 7.07. The molecule has 0 radical (unpaired) electrons. The second-order valence-electron chi connectivity index (χ2n) is 6.79. The minimum atomic E-state index is -0.180. The normalized spacial score (nSPS) is 10.3. The monoisotopic (exact) mass is 385 g/mol. The summed E-state index contributed by atoms with van der Waals surface area (Å²) in [5, 5.41) is 8.83. The van der Waals surface area contributed by atoms with Crippen LogP contribution in [0.15, 0.2) is 60.9 Å². The summed E-state index contributed by atoms with van der Waals surface area (Å²) < 4.78 is 5.40. The van der Waals surface area contributed by atoms with Crippen LogP contribution in [0.25, 0.3) is 22.5 Å². The molecular formula is C24H23N3O2. The maximum Gasteiger partial charge on any atom is 0.311 e. The first-order valence-electron chi connectivity index (χ1n) is 9.83. The van der Waals surface area contributed by atoms with E-state index in [1.165, 1.54) is 12.4 Å². The van der Waals surface area contributed by atoms with E-state index in [-0.39, 0.29) is 5.97 Å².